The summed E-state index contributed by atoms with van der Waals surface area (Å²) in [4.78, 5) is 6.67. The molecule has 1 aromatic carbocycles. The van der Waals surface area contributed by atoms with Crippen molar-refractivity contribution in [3.8, 4) is 0 Å². The molecule has 0 aliphatic carbocycles. The van der Waals surface area contributed by atoms with E-state index in [-0.39, 0.29) is 0 Å². The van der Waals surface area contributed by atoms with Gasteiger partial charge in [0.25, 0.3) is 0 Å². The van der Waals surface area contributed by atoms with Crippen molar-refractivity contribution in [2.45, 2.75) is 33.2 Å². The minimum atomic E-state index is 0.452. The number of pyridine rings is 1. The number of nitrogens with zero attached hydrogens (tertiary/aromatic N) is 2. The van der Waals surface area contributed by atoms with Gasteiger partial charge in [-0.05, 0) is 25.3 Å². The van der Waals surface area contributed by atoms with E-state index < -0.39 is 0 Å². The van der Waals surface area contributed by atoms with Gasteiger partial charge in [0.15, 0.2) is 0 Å². The molecule has 0 saturated carbocycles. The van der Waals surface area contributed by atoms with Gasteiger partial charge in [0.2, 0.25) is 0 Å². The molecule has 2 rings (SSSR count). The van der Waals surface area contributed by atoms with Gasteiger partial charge in [0.05, 0.1) is 23.1 Å². The summed E-state index contributed by atoms with van der Waals surface area (Å²) < 4.78 is 0. The summed E-state index contributed by atoms with van der Waals surface area (Å²) in [6, 6.07) is 8.61. The number of rotatable bonds is 4. The van der Waals surface area contributed by atoms with Crippen LogP contribution in [0.4, 0.5) is 11.4 Å². The number of hydrogen-bond donors (Lipinski definition) is 1. The highest BCUT2D eigenvalue weighted by Gasteiger charge is 2.16. The Morgan fingerprint density at radius 1 is 1.21 bits per heavy atom. The molecule has 0 saturated heterocycles. The van der Waals surface area contributed by atoms with Gasteiger partial charge in [-0.25, -0.2) is 0 Å². The number of benzene rings is 1. The van der Waals surface area contributed by atoms with Crippen LogP contribution in [-0.2, 0) is 0 Å². The first kappa shape index (κ1) is 13.7. The number of para-hydroxylation sites is 1. The van der Waals surface area contributed by atoms with E-state index in [1.54, 1.807) is 6.20 Å². The molecule has 0 bridgehead atoms. The quantitative estimate of drug-likeness (QED) is 0.908. The van der Waals surface area contributed by atoms with E-state index in [9.17, 15) is 0 Å². The highest BCUT2D eigenvalue weighted by Crippen LogP contribution is 2.32. The topological polar surface area (TPSA) is 42.1 Å². The molecule has 3 nitrogen and oxygen atoms in total. The first-order valence-corrected chi connectivity index (χ1v) is 6.86. The van der Waals surface area contributed by atoms with Crippen molar-refractivity contribution < 1.29 is 0 Å². The minimum absolute atomic E-state index is 0.452. The lowest BCUT2D eigenvalue weighted by atomic mass is 10.0. The SMILES string of the molecule is CC(C)CC(C)N(C)c1c(N)cnc2ccccc12. The Morgan fingerprint density at radius 2 is 1.89 bits per heavy atom. The normalized spacial score (nSPS) is 12.9. The average molecular weight is 257 g/mol. The number of nitrogens with two attached hydrogens (primary N) is 1. The summed E-state index contributed by atoms with van der Waals surface area (Å²) in [7, 11) is 2.12. The largest absolute Gasteiger partial charge is 0.396 e. The molecule has 2 aromatic rings. The third-order valence-corrected chi connectivity index (χ3v) is 3.60. The first-order valence-electron chi connectivity index (χ1n) is 6.86. The molecule has 1 atom stereocenters. The van der Waals surface area contributed by atoms with E-state index in [1.165, 1.54) is 0 Å². The number of hydrogen-bond acceptors (Lipinski definition) is 3. The van der Waals surface area contributed by atoms with Gasteiger partial charge in [0, 0.05) is 18.5 Å². The molecule has 0 fully saturated rings. The molecule has 2 N–H and O–H groups in total. The average Bonchev–Trinajstić information content (AvgIpc) is 2.37. The second kappa shape index (κ2) is 5.47. The second-order valence-corrected chi connectivity index (χ2v) is 5.67. The summed E-state index contributed by atoms with van der Waals surface area (Å²) in [6.45, 7) is 6.74. The number of fused-ring (bicyclic) bond motifs is 1. The van der Waals surface area contributed by atoms with Crippen LogP contribution in [0.25, 0.3) is 10.9 Å². The molecule has 1 heterocycles. The smallest absolute Gasteiger partial charge is 0.0745 e. The van der Waals surface area contributed by atoms with E-state index in [2.05, 4.69) is 43.8 Å². The molecule has 1 unspecified atom stereocenters. The van der Waals surface area contributed by atoms with Gasteiger partial charge in [0.1, 0.15) is 0 Å². The van der Waals surface area contributed by atoms with Crippen molar-refractivity contribution in [3.05, 3.63) is 30.5 Å². The van der Waals surface area contributed by atoms with Gasteiger partial charge in [-0.3, -0.25) is 4.98 Å². The van der Waals surface area contributed by atoms with Crippen LogP contribution in [0, 0.1) is 5.92 Å². The molecule has 1 aromatic heterocycles. The van der Waals surface area contributed by atoms with Gasteiger partial charge in [-0.15, -0.1) is 0 Å². The fourth-order valence-corrected chi connectivity index (χ4v) is 2.60. The van der Waals surface area contributed by atoms with E-state index in [0.29, 0.717) is 12.0 Å². The first-order chi connectivity index (χ1) is 9.00. The van der Waals surface area contributed by atoms with Gasteiger partial charge in [-0.1, -0.05) is 32.0 Å². The molecule has 0 radical (unpaired) electrons. The lowest BCUT2D eigenvalue weighted by molar-refractivity contribution is 0.505. The maximum absolute atomic E-state index is 6.15. The van der Waals surface area contributed by atoms with Crippen molar-refractivity contribution in [1.82, 2.24) is 4.98 Å². The van der Waals surface area contributed by atoms with Crippen molar-refractivity contribution in [3.63, 3.8) is 0 Å². The molecular formula is C16H23N3. The van der Waals surface area contributed by atoms with Crippen LogP contribution in [-0.4, -0.2) is 18.1 Å². The van der Waals surface area contributed by atoms with Crippen molar-refractivity contribution in [2.75, 3.05) is 17.7 Å². The fourth-order valence-electron chi connectivity index (χ4n) is 2.60. The van der Waals surface area contributed by atoms with Crippen LogP contribution in [0.1, 0.15) is 27.2 Å². The van der Waals surface area contributed by atoms with Gasteiger partial charge < -0.3 is 10.6 Å². The van der Waals surface area contributed by atoms with E-state index >= 15 is 0 Å². The summed E-state index contributed by atoms with van der Waals surface area (Å²) in [5.74, 6) is 0.673. The molecule has 0 spiro atoms. The standard InChI is InChI=1S/C16H23N3/c1-11(2)9-12(3)19(4)16-13-7-5-6-8-15(13)18-10-14(16)17/h5-8,10-12H,9,17H2,1-4H3. The van der Waals surface area contributed by atoms with E-state index in [0.717, 1.165) is 28.7 Å². The Labute approximate surface area is 115 Å². The van der Waals surface area contributed by atoms with Gasteiger partial charge >= 0.3 is 0 Å². The summed E-state index contributed by atoms with van der Waals surface area (Å²) in [5, 5.41) is 1.13. The van der Waals surface area contributed by atoms with Crippen molar-refractivity contribution in [1.29, 1.82) is 0 Å². The zero-order valence-corrected chi connectivity index (χ0v) is 12.2. The Balaban J connectivity index is 2.46. The predicted octanol–water partition coefficient (Wildman–Crippen LogP) is 3.69. The molecule has 0 aliphatic rings. The molecule has 102 valence electrons. The number of aromatic nitrogens is 1. The predicted molar refractivity (Wildman–Crippen MR) is 83.5 cm³/mol. The van der Waals surface area contributed by atoms with Crippen LogP contribution in [0.3, 0.4) is 0 Å². The number of nitrogen functional groups attached to an aromatic ring is 1. The molecule has 19 heavy (non-hydrogen) atoms. The molecular weight excluding hydrogens is 234 g/mol. The molecule has 0 aliphatic heterocycles. The highest BCUT2D eigenvalue weighted by atomic mass is 15.1. The zero-order chi connectivity index (χ0) is 14.0. The lowest BCUT2D eigenvalue weighted by Gasteiger charge is -2.30. The zero-order valence-electron chi connectivity index (χ0n) is 12.2. The monoisotopic (exact) mass is 257 g/mol. The maximum atomic E-state index is 6.15. The van der Waals surface area contributed by atoms with Crippen LogP contribution in [0.5, 0.6) is 0 Å². The molecule has 0 amide bonds. The van der Waals surface area contributed by atoms with Gasteiger partial charge in [-0.2, -0.15) is 0 Å². The maximum Gasteiger partial charge on any atom is 0.0745 e. The third kappa shape index (κ3) is 2.80. The lowest BCUT2D eigenvalue weighted by Crippen LogP contribution is -2.30. The summed E-state index contributed by atoms with van der Waals surface area (Å²) >= 11 is 0. The summed E-state index contributed by atoms with van der Waals surface area (Å²) in [5.41, 5.74) is 8.99. The van der Waals surface area contributed by atoms with E-state index in [1.807, 2.05) is 18.2 Å². The fraction of sp³-hybridized carbons (Fsp3) is 0.438. The minimum Gasteiger partial charge on any atom is -0.396 e. The Hall–Kier alpha value is -1.77. The van der Waals surface area contributed by atoms with Crippen LogP contribution >= 0.6 is 0 Å². The van der Waals surface area contributed by atoms with E-state index in [4.69, 9.17) is 5.73 Å². The Bertz CT molecular complexity index is 563. The van der Waals surface area contributed by atoms with Crippen LogP contribution in [0.15, 0.2) is 30.5 Å². The number of anilines is 2. The molecule has 3 heteroatoms. The third-order valence-electron chi connectivity index (χ3n) is 3.60. The highest BCUT2D eigenvalue weighted by molar-refractivity contribution is 5.97. The summed E-state index contributed by atoms with van der Waals surface area (Å²) in [6.07, 6.45) is 2.91. The van der Waals surface area contributed by atoms with Crippen LogP contribution < -0.4 is 10.6 Å². The Kier molecular flexibility index (Phi) is 3.93. The Morgan fingerprint density at radius 3 is 2.58 bits per heavy atom. The second-order valence-electron chi connectivity index (χ2n) is 5.67. The van der Waals surface area contributed by atoms with Crippen molar-refractivity contribution >= 4 is 22.3 Å². The van der Waals surface area contributed by atoms with Crippen molar-refractivity contribution in [2.24, 2.45) is 5.92 Å². The van der Waals surface area contributed by atoms with Crippen LogP contribution in [0.2, 0.25) is 0 Å².